The first-order valence-electron chi connectivity index (χ1n) is 11.7. The Bertz CT molecular complexity index is 1310. The maximum absolute atomic E-state index is 10.5. The molecule has 4 rings (SSSR count). The fraction of sp³-hybridized carbons (Fsp3) is 0.200. The lowest BCUT2D eigenvalue weighted by atomic mass is 10.0. The van der Waals surface area contributed by atoms with Crippen molar-refractivity contribution in [2.45, 2.75) is 40.5 Å². The molecule has 0 amide bonds. The molecule has 0 saturated heterocycles. The molecule has 34 heavy (non-hydrogen) atoms. The molecular weight excluding hydrogens is 420 g/mol. The van der Waals surface area contributed by atoms with Crippen molar-refractivity contribution in [3.05, 3.63) is 94.0 Å². The van der Waals surface area contributed by atoms with Crippen LogP contribution in [0.15, 0.2) is 70.6 Å². The monoisotopic (exact) mass is 450 g/mol. The number of aromatic hydroxyl groups is 2. The summed E-state index contributed by atoms with van der Waals surface area (Å²) < 4.78 is 0. The second-order valence-electron chi connectivity index (χ2n) is 8.58. The van der Waals surface area contributed by atoms with E-state index in [9.17, 15) is 10.2 Å². The molecule has 4 aromatic rings. The Morgan fingerprint density at radius 2 is 1.12 bits per heavy atom. The molecule has 0 aromatic heterocycles. The summed E-state index contributed by atoms with van der Waals surface area (Å²) in [5.41, 5.74) is 6.94. The molecule has 0 radical (unpaired) electrons. The first kappa shape index (κ1) is 23.2. The van der Waals surface area contributed by atoms with Crippen LogP contribution in [0.4, 0.5) is 11.4 Å². The predicted molar refractivity (Wildman–Crippen MR) is 143 cm³/mol. The number of hydrogen-bond acceptors (Lipinski definition) is 4. The van der Waals surface area contributed by atoms with Gasteiger partial charge in [0.1, 0.15) is 11.5 Å². The highest BCUT2D eigenvalue weighted by Crippen LogP contribution is 2.35. The van der Waals surface area contributed by atoms with Gasteiger partial charge in [-0.2, -0.15) is 0 Å². The average Bonchev–Trinajstić information content (AvgIpc) is 2.85. The zero-order chi connectivity index (χ0) is 24.2. The number of fused-ring (bicyclic) bond motifs is 1. The lowest BCUT2D eigenvalue weighted by Crippen LogP contribution is -1.91. The van der Waals surface area contributed by atoms with Gasteiger partial charge in [0.25, 0.3) is 0 Å². The zero-order valence-corrected chi connectivity index (χ0v) is 20.1. The number of aryl methyl sites for hydroxylation is 4. The van der Waals surface area contributed by atoms with E-state index in [0.717, 1.165) is 57.2 Å². The molecule has 0 bridgehead atoms. The van der Waals surface area contributed by atoms with Crippen LogP contribution in [0.5, 0.6) is 11.5 Å². The molecule has 0 fully saturated rings. The van der Waals surface area contributed by atoms with Crippen LogP contribution in [-0.2, 0) is 12.8 Å². The number of phenols is 2. The van der Waals surface area contributed by atoms with Gasteiger partial charge in [-0.05, 0) is 78.6 Å². The summed E-state index contributed by atoms with van der Waals surface area (Å²) in [6.45, 7) is 8.00. The van der Waals surface area contributed by atoms with Gasteiger partial charge in [0.15, 0.2) is 0 Å². The average molecular weight is 451 g/mol. The third-order valence-electron chi connectivity index (χ3n) is 6.14. The lowest BCUT2D eigenvalue weighted by molar-refractivity contribution is 0.469. The van der Waals surface area contributed by atoms with Crippen LogP contribution in [0.2, 0.25) is 0 Å². The van der Waals surface area contributed by atoms with Gasteiger partial charge in [0.2, 0.25) is 0 Å². The van der Waals surface area contributed by atoms with Crippen LogP contribution in [0.1, 0.15) is 47.2 Å². The molecular formula is C30H30N2O2. The van der Waals surface area contributed by atoms with E-state index in [1.54, 1.807) is 12.4 Å². The Balaban J connectivity index is 1.79. The number of benzene rings is 4. The van der Waals surface area contributed by atoms with Crippen molar-refractivity contribution in [2.24, 2.45) is 9.98 Å². The summed E-state index contributed by atoms with van der Waals surface area (Å²) in [5, 5.41) is 23.0. The third-order valence-corrected chi connectivity index (χ3v) is 6.14. The minimum atomic E-state index is 0.251. The lowest BCUT2D eigenvalue weighted by Gasteiger charge is -2.09. The molecule has 4 aromatic carbocycles. The second kappa shape index (κ2) is 9.92. The van der Waals surface area contributed by atoms with E-state index in [1.807, 2.05) is 74.5 Å². The Hall–Kier alpha value is -3.92. The van der Waals surface area contributed by atoms with Gasteiger partial charge < -0.3 is 10.2 Å². The largest absolute Gasteiger partial charge is 0.507 e. The summed E-state index contributed by atoms with van der Waals surface area (Å²) >= 11 is 0. The minimum absolute atomic E-state index is 0.251. The van der Waals surface area contributed by atoms with Crippen LogP contribution in [-0.4, -0.2) is 22.6 Å². The summed E-state index contributed by atoms with van der Waals surface area (Å²) in [6.07, 6.45) is 5.22. The minimum Gasteiger partial charge on any atom is -0.507 e. The van der Waals surface area contributed by atoms with Crippen LogP contribution < -0.4 is 0 Å². The Kier molecular flexibility index (Phi) is 6.78. The molecule has 0 heterocycles. The summed E-state index contributed by atoms with van der Waals surface area (Å²) in [6, 6.07) is 19.9. The van der Waals surface area contributed by atoms with Crippen LogP contribution in [0.25, 0.3) is 10.8 Å². The third kappa shape index (κ3) is 4.72. The normalized spacial score (nSPS) is 11.8. The first-order valence-corrected chi connectivity index (χ1v) is 11.7. The molecule has 0 atom stereocenters. The van der Waals surface area contributed by atoms with Gasteiger partial charge in [0.05, 0.1) is 11.4 Å². The smallest absolute Gasteiger partial charge is 0.127 e. The highest BCUT2D eigenvalue weighted by atomic mass is 16.3. The van der Waals surface area contributed by atoms with E-state index in [-0.39, 0.29) is 11.5 Å². The van der Waals surface area contributed by atoms with Gasteiger partial charge in [-0.3, -0.25) is 9.98 Å². The molecule has 0 spiro atoms. The maximum Gasteiger partial charge on any atom is 0.127 e. The number of aliphatic imine (C=N–C) groups is 2. The fourth-order valence-electron chi connectivity index (χ4n) is 4.17. The standard InChI is InChI=1S/C30H30N2O2/c1-5-21-13-19(3)29(33)24(15-21)17-31-26-11-7-9-23-10-8-12-27(28(23)26)32-18-25-16-22(6-2)14-20(4)30(25)34/h7-18,33-34H,5-6H2,1-4H3. The van der Waals surface area contributed by atoms with Crippen LogP contribution in [0, 0.1) is 13.8 Å². The SMILES string of the molecule is CCc1cc(C)c(O)c(C=Nc2cccc3cccc(N=Cc4cc(CC)cc(C)c4O)c23)c1. The van der Waals surface area contributed by atoms with E-state index in [2.05, 4.69) is 13.8 Å². The van der Waals surface area contributed by atoms with E-state index in [0.29, 0.717) is 11.1 Å². The number of rotatable bonds is 6. The number of hydrogen-bond donors (Lipinski definition) is 2. The van der Waals surface area contributed by atoms with Crippen molar-refractivity contribution >= 4 is 34.6 Å². The molecule has 0 aliphatic heterocycles. The Labute approximate surface area is 201 Å². The van der Waals surface area contributed by atoms with Gasteiger partial charge in [-0.15, -0.1) is 0 Å². The Morgan fingerprint density at radius 3 is 1.53 bits per heavy atom. The van der Waals surface area contributed by atoms with E-state index >= 15 is 0 Å². The zero-order valence-electron chi connectivity index (χ0n) is 20.1. The number of nitrogens with zero attached hydrogens (tertiary/aromatic N) is 2. The second-order valence-corrected chi connectivity index (χ2v) is 8.58. The summed E-state index contributed by atoms with van der Waals surface area (Å²) in [7, 11) is 0. The van der Waals surface area contributed by atoms with Crippen molar-refractivity contribution in [1.82, 2.24) is 0 Å². The molecule has 0 saturated carbocycles. The van der Waals surface area contributed by atoms with Gasteiger partial charge >= 0.3 is 0 Å². The molecule has 0 aliphatic carbocycles. The first-order chi connectivity index (χ1) is 16.4. The molecule has 172 valence electrons. The van der Waals surface area contributed by atoms with Gasteiger partial charge in [0, 0.05) is 28.9 Å². The molecule has 4 heteroatoms. The topological polar surface area (TPSA) is 65.2 Å². The Morgan fingerprint density at radius 1 is 0.676 bits per heavy atom. The maximum atomic E-state index is 10.5. The fourth-order valence-corrected chi connectivity index (χ4v) is 4.17. The van der Waals surface area contributed by atoms with E-state index < -0.39 is 0 Å². The van der Waals surface area contributed by atoms with E-state index in [1.165, 1.54) is 0 Å². The van der Waals surface area contributed by atoms with Crippen molar-refractivity contribution in [2.75, 3.05) is 0 Å². The number of phenolic OH excluding ortho intramolecular Hbond substituents is 2. The molecule has 0 aliphatic rings. The van der Waals surface area contributed by atoms with E-state index in [4.69, 9.17) is 9.98 Å². The summed E-state index contributed by atoms with van der Waals surface area (Å²) in [5.74, 6) is 0.502. The molecule has 2 N–H and O–H groups in total. The van der Waals surface area contributed by atoms with Crippen molar-refractivity contribution < 1.29 is 10.2 Å². The highest BCUT2D eigenvalue weighted by molar-refractivity contribution is 6.04. The van der Waals surface area contributed by atoms with Crippen molar-refractivity contribution in [3.63, 3.8) is 0 Å². The van der Waals surface area contributed by atoms with Crippen LogP contribution >= 0.6 is 0 Å². The quantitative estimate of drug-likeness (QED) is 0.299. The van der Waals surface area contributed by atoms with Crippen molar-refractivity contribution in [3.8, 4) is 11.5 Å². The van der Waals surface area contributed by atoms with Crippen molar-refractivity contribution in [1.29, 1.82) is 0 Å². The van der Waals surface area contributed by atoms with Gasteiger partial charge in [-0.25, -0.2) is 0 Å². The molecule has 4 nitrogen and oxygen atoms in total. The van der Waals surface area contributed by atoms with Crippen LogP contribution in [0.3, 0.4) is 0 Å². The predicted octanol–water partition coefficient (Wildman–Crippen LogP) is 7.49. The summed E-state index contributed by atoms with van der Waals surface area (Å²) in [4.78, 5) is 9.50. The highest BCUT2D eigenvalue weighted by Gasteiger charge is 2.09. The van der Waals surface area contributed by atoms with Gasteiger partial charge in [-0.1, -0.05) is 50.2 Å². The molecule has 0 unspecified atom stereocenters.